The number of thiazole rings is 1. The number of fused-ring (bicyclic) bond motifs is 2. The number of hydrogen-bond acceptors (Lipinski definition) is 14. The number of carbonyl (C=O) groups is 3. The average molecular weight is 928 g/mol. The maximum absolute atomic E-state index is 14.3. The predicted octanol–water partition coefficient (Wildman–Crippen LogP) is 5.90. The fraction of sp³-hybridized carbons (Fsp3) is 0.480. The number of rotatable bonds is 11. The van der Waals surface area contributed by atoms with E-state index in [4.69, 9.17) is 15.7 Å². The van der Waals surface area contributed by atoms with E-state index in [1.807, 2.05) is 88.8 Å². The van der Waals surface area contributed by atoms with Crippen molar-refractivity contribution in [2.75, 3.05) is 35.2 Å². The van der Waals surface area contributed by atoms with Crippen molar-refractivity contribution >= 4 is 46.5 Å². The van der Waals surface area contributed by atoms with Crippen LogP contribution in [0.4, 0.5) is 17.5 Å². The zero-order valence-electron chi connectivity index (χ0n) is 38.9. The SMILES string of the molecule is Cc1nc(N2C3CCC2CN(c2cc(-c4ccccc4O)nnc2N)C3)ncc1C1CCC(C(=O)N[C@H](C(=O)N2C[C@H](O)C[C@H]2C(=O)NCc2ccc(-c3scnc3C)cc2)C(C)(C)C)CC1. The van der Waals surface area contributed by atoms with E-state index in [9.17, 15) is 24.6 Å². The minimum atomic E-state index is -0.888. The summed E-state index contributed by atoms with van der Waals surface area (Å²) in [7, 11) is 0. The Bertz CT molecular complexity index is 2610. The molecule has 0 spiro atoms. The van der Waals surface area contributed by atoms with Crippen LogP contribution < -0.4 is 26.2 Å². The number of carbonyl (C=O) groups excluding carboxylic acids is 3. The molecule has 2 unspecified atom stereocenters. The molecule has 16 nitrogen and oxygen atoms in total. The second kappa shape index (κ2) is 18.8. The van der Waals surface area contributed by atoms with Gasteiger partial charge in [-0.3, -0.25) is 14.4 Å². The van der Waals surface area contributed by atoms with Crippen LogP contribution in [0.25, 0.3) is 21.7 Å². The molecule has 2 bridgehead atoms. The zero-order chi connectivity index (χ0) is 47.1. The molecule has 67 heavy (non-hydrogen) atoms. The van der Waals surface area contributed by atoms with Gasteiger partial charge in [0.2, 0.25) is 23.7 Å². The van der Waals surface area contributed by atoms with Crippen molar-refractivity contribution in [2.45, 2.75) is 122 Å². The molecule has 6 heterocycles. The highest BCUT2D eigenvalue weighted by atomic mass is 32.1. The smallest absolute Gasteiger partial charge is 0.246 e. The number of hydrogen-bond donors (Lipinski definition) is 5. The molecule has 3 amide bonds. The fourth-order valence-corrected chi connectivity index (χ4v) is 11.4. The van der Waals surface area contributed by atoms with E-state index in [0.717, 1.165) is 83.4 Å². The van der Waals surface area contributed by atoms with Crippen LogP contribution in [0.5, 0.6) is 5.75 Å². The third-order valence-corrected chi connectivity index (χ3v) is 15.2. The molecule has 0 radical (unpaired) electrons. The zero-order valence-corrected chi connectivity index (χ0v) is 39.7. The Balaban J connectivity index is 0.794. The first-order valence-electron chi connectivity index (χ1n) is 23.5. The van der Waals surface area contributed by atoms with Gasteiger partial charge in [-0.1, -0.05) is 57.2 Å². The number of aliphatic hydroxyl groups is 1. The Morgan fingerprint density at radius 3 is 2.27 bits per heavy atom. The van der Waals surface area contributed by atoms with Gasteiger partial charge >= 0.3 is 0 Å². The van der Waals surface area contributed by atoms with Crippen molar-refractivity contribution in [3.05, 3.63) is 88.8 Å². The van der Waals surface area contributed by atoms with Gasteiger partial charge in [0, 0.05) is 68.1 Å². The van der Waals surface area contributed by atoms with E-state index >= 15 is 0 Å². The summed E-state index contributed by atoms with van der Waals surface area (Å²) in [6, 6.07) is 15.6. The van der Waals surface area contributed by atoms with Crippen LogP contribution >= 0.6 is 11.3 Å². The summed E-state index contributed by atoms with van der Waals surface area (Å²) in [4.78, 5) is 63.5. The first-order chi connectivity index (χ1) is 32.1. The predicted molar refractivity (Wildman–Crippen MR) is 258 cm³/mol. The summed E-state index contributed by atoms with van der Waals surface area (Å²) >= 11 is 1.58. The number of para-hydroxylation sites is 1. The first-order valence-corrected chi connectivity index (χ1v) is 24.3. The number of phenols is 1. The molecule has 1 saturated carbocycles. The summed E-state index contributed by atoms with van der Waals surface area (Å²) < 4.78 is 0. The molecule has 1 aliphatic carbocycles. The number of nitrogen functional groups attached to an aromatic ring is 1. The van der Waals surface area contributed by atoms with Gasteiger partial charge in [-0.2, -0.15) is 0 Å². The normalized spacial score (nSPS) is 23.3. The minimum absolute atomic E-state index is 0.0201. The van der Waals surface area contributed by atoms with Gasteiger partial charge in [0.15, 0.2) is 5.82 Å². The third kappa shape index (κ3) is 9.53. The van der Waals surface area contributed by atoms with Crippen molar-refractivity contribution in [3.8, 4) is 27.4 Å². The number of aromatic nitrogens is 5. The van der Waals surface area contributed by atoms with Gasteiger partial charge in [0.1, 0.15) is 17.8 Å². The molecule has 2 aromatic carbocycles. The third-order valence-electron chi connectivity index (χ3n) is 14.3. The number of nitrogens with two attached hydrogens (primary N) is 1. The van der Waals surface area contributed by atoms with Gasteiger partial charge in [0.05, 0.1) is 33.6 Å². The number of amides is 3. The molecular weight excluding hydrogens is 867 g/mol. The lowest BCUT2D eigenvalue weighted by Crippen LogP contribution is -2.58. The number of nitrogens with zero attached hydrogens (tertiary/aromatic N) is 8. The van der Waals surface area contributed by atoms with E-state index in [2.05, 4.69) is 35.6 Å². The second-order valence-corrected chi connectivity index (χ2v) is 20.7. The number of phenolic OH excluding ortho intramolecular Hbond substituents is 1. The lowest BCUT2D eigenvalue weighted by atomic mass is 9.77. The van der Waals surface area contributed by atoms with Crippen molar-refractivity contribution < 1.29 is 24.6 Å². The largest absolute Gasteiger partial charge is 0.507 e. The van der Waals surface area contributed by atoms with Gasteiger partial charge in [-0.15, -0.1) is 21.5 Å². The van der Waals surface area contributed by atoms with Crippen molar-refractivity contribution in [1.29, 1.82) is 0 Å². The monoisotopic (exact) mass is 927 g/mol. The quantitative estimate of drug-likeness (QED) is 0.104. The molecule has 6 N–H and O–H groups in total. The average Bonchev–Trinajstić information content (AvgIpc) is 4.01. The van der Waals surface area contributed by atoms with E-state index in [1.165, 1.54) is 4.90 Å². The lowest BCUT2D eigenvalue weighted by Gasteiger charge is -2.42. The topological polar surface area (TPSA) is 216 Å². The first kappa shape index (κ1) is 45.9. The molecule has 4 fully saturated rings. The fourth-order valence-electron chi connectivity index (χ4n) is 10.6. The van der Waals surface area contributed by atoms with Gasteiger partial charge in [-0.25, -0.2) is 15.0 Å². The summed E-state index contributed by atoms with van der Waals surface area (Å²) in [5.41, 5.74) is 14.5. The van der Waals surface area contributed by atoms with E-state index in [0.29, 0.717) is 29.9 Å². The Hall–Kier alpha value is -6.20. The molecule has 9 rings (SSSR count). The van der Waals surface area contributed by atoms with Crippen molar-refractivity contribution in [2.24, 2.45) is 11.3 Å². The number of likely N-dealkylation sites (tertiary alicyclic amines) is 1. The van der Waals surface area contributed by atoms with Crippen LogP contribution in [0.2, 0.25) is 0 Å². The Morgan fingerprint density at radius 2 is 1.61 bits per heavy atom. The number of benzene rings is 2. The van der Waals surface area contributed by atoms with Crippen LogP contribution in [0, 0.1) is 25.2 Å². The summed E-state index contributed by atoms with van der Waals surface area (Å²) in [6.07, 6.45) is 6.16. The lowest BCUT2D eigenvalue weighted by molar-refractivity contribution is -0.144. The Kier molecular flexibility index (Phi) is 12.9. The van der Waals surface area contributed by atoms with Crippen molar-refractivity contribution in [1.82, 2.24) is 40.7 Å². The van der Waals surface area contributed by atoms with Crippen LogP contribution in [0.1, 0.15) is 94.1 Å². The highest BCUT2D eigenvalue weighted by Crippen LogP contribution is 2.41. The van der Waals surface area contributed by atoms with E-state index in [1.54, 1.807) is 23.5 Å². The number of anilines is 3. The number of β-amino-alcohol motifs (C(OH)–C–C–N with tert-alkyl or cyclic N) is 1. The van der Waals surface area contributed by atoms with Crippen LogP contribution in [0.3, 0.4) is 0 Å². The molecule has 352 valence electrons. The van der Waals surface area contributed by atoms with E-state index in [-0.39, 0.29) is 66.9 Å². The number of aliphatic hydroxyl groups excluding tert-OH is 1. The number of piperazine rings is 1. The van der Waals surface area contributed by atoms with Crippen molar-refractivity contribution in [3.63, 3.8) is 0 Å². The molecular formula is C50H61N11O5S. The van der Waals surface area contributed by atoms with Crippen LogP contribution in [0.15, 0.2) is 66.3 Å². The summed E-state index contributed by atoms with van der Waals surface area (Å²) in [6.45, 7) is 11.5. The highest BCUT2D eigenvalue weighted by molar-refractivity contribution is 7.13. The number of aromatic hydroxyl groups is 1. The summed E-state index contributed by atoms with van der Waals surface area (Å²) in [5.74, 6) is 0.295. The van der Waals surface area contributed by atoms with Crippen LogP contribution in [-0.2, 0) is 20.9 Å². The van der Waals surface area contributed by atoms with E-state index < -0.39 is 23.6 Å². The maximum Gasteiger partial charge on any atom is 0.246 e. The van der Waals surface area contributed by atoms with Crippen LogP contribution in [-0.4, -0.2) is 108 Å². The standard InChI is InChI=1S/C50H61N11O5S/c1-28-38(23-53-49(55-28)61-34-18-19-35(61)25-59(24-34)40-21-39(57-58-45(40)51)37-8-6-7-9-42(37)63)31-14-16-33(17-15-31)46(64)56-44(50(3,4)5)48(66)60-26-36(62)20-41(60)47(65)52-22-30-10-12-32(13-11-30)43-29(2)54-27-67-43/h6-13,21,23,27,31,33-36,41,44,62-63H,14-20,22,24-26H2,1-5H3,(H2,51,58)(H,52,65)(H,56,64)/t31?,33?,34?,35?,36-,41+,44-/m1/s1. The molecule has 4 aliphatic rings. The maximum atomic E-state index is 14.3. The molecule has 5 aromatic rings. The number of nitrogens with one attached hydrogen (secondary N) is 2. The summed E-state index contributed by atoms with van der Waals surface area (Å²) in [5, 5.41) is 35.8. The highest BCUT2D eigenvalue weighted by Gasteiger charge is 2.46. The molecule has 3 aromatic heterocycles. The molecule has 17 heteroatoms. The molecule has 5 atom stereocenters. The van der Waals surface area contributed by atoms with Gasteiger partial charge in [0.25, 0.3) is 0 Å². The minimum Gasteiger partial charge on any atom is -0.507 e. The Morgan fingerprint density at radius 1 is 0.896 bits per heavy atom. The Labute approximate surface area is 395 Å². The second-order valence-electron chi connectivity index (χ2n) is 19.9. The van der Waals surface area contributed by atoms with Gasteiger partial charge in [-0.05, 0) is 98.6 Å². The number of aryl methyl sites for hydroxylation is 2. The van der Waals surface area contributed by atoms with Gasteiger partial charge < -0.3 is 41.3 Å². The molecule has 3 aliphatic heterocycles. The molecule has 3 saturated heterocycles.